The summed E-state index contributed by atoms with van der Waals surface area (Å²) in [4.78, 5) is 14.8. The minimum absolute atomic E-state index is 0.0642. The average molecular weight is 286 g/mol. The molecule has 3 rings (SSSR count). The Kier molecular flexibility index (Phi) is 3.49. The fourth-order valence-electron chi connectivity index (χ4n) is 2.46. The first kappa shape index (κ1) is 13.2. The van der Waals surface area contributed by atoms with E-state index in [1.807, 2.05) is 29.3 Å². The molecule has 3 nitrogen and oxygen atoms in total. The van der Waals surface area contributed by atoms with Gasteiger partial charge < -0.3 is 10.6 Å². The second-order valence-corrected chi connectivity index (χ2v) is 6.11. The summed E-state index contributed by atoms with van der Waals surface area (Å²) in [7, 11) is 0. The monoisotopic (exact) mass is 286 g/mol. The molecule has 0 atom stereocenters. The molecule has 1 aliphatic rings. The van der Waals surface area contributed by atoms with Crippen LogP contribution in [0.5, 0.6) is 0 Å². The Hall–Kier alpha value is -1.81. The molecule has 1 aliphatic carbocycles. The first-order valence-corrected chi connectivity index (χ1v) is 7.78. The summed E-state index contributed by atoms with van der Waals surface area (Å²) < 4.78 is 0. The molecule has 2 aromatic rings. The largest absolute Gasteiger partial charge is 0.398 e. The van der Waals surface area contributed by atoms with Gasteiger partial charge in [-0.05, 0) is 53.8 Å². The Morgan fingerprint density at radius 3 is 2.80 bits per heavy atom. The Bertz CT molecular complexity index is 597. The summed E-state index contributed by atoms with van der Waals surface area (Å²) in [6, 6.07) is 8.09. The lowest BCUT2D eigenvalue weighted by atomic mass is 10.0. The van der Waals surface area contributed by atoms with Gasteiger partial charge in [-0.1, -0.05) is 12.1 Å². The van der Waals surface area contributed by atoms with Crippen LogP contribution in [0.25, 0.3) is 0 Å². The van der Waals surface area contributed by atoms with Crippen LogP contribution in [0.2, 0.25) is 0 Å². The van der Waals surface area contributed by atoms with Crippen molar-refractivity contribution in [3.8, 4) is 0 Å². The molecule has 1 saturated carbocycles. The number of thiophene rings is 1. The van der Waals surface area contributed by atoms with Crippen LogP contribution >= 0.6 is 11.3 Å². The lowest BCUT2D eigenvalue weighted by Crippen LogP contribution is -2.33. The van der Waals surface area contributed by atoms with Crippen molar-refractivity contribution in [2.24, 2.45) is 0 Å². The van der Waals surface area contributed by atoms with Crippen molar-refractivity contribution in [1.82, 2.24) is 4.90 Å². The second-order valence-electron chi connectivity index (χ2n) is 5.33. The quantitative estimate of drug-likeness (QED) is 0.875. The summed E-state index contributed by atoms with van der Waals surface area (Å²) in [6.07, 6.45) is 2.20. The number of anilines is 1. The number of hydrogen-bond donors (Lipinski definition) is 1. The first-order valence-electron chi connectivity index (χ1n) is 6.84. The zero-order valence-electron chi connectivity index (χ0n) is 11.5. The van der Waals surface area contributed by atoms with Crippen LogP contribution in [0.1, 0.15) is 34.3 Å². The molecule has 0 saturated heterocycles. The number of rotatable bonds is 4. The second kappa shape index (κ2) is 5.29. The van der Waals surface area contributed by atoms with Crippen molar-refractivity contribution in [1.29, 1.82) is 0 Å². The Morgan fingerprint density at radius 2 is 2.20 bits per heavy atom. The Morgan fingerprint density at radius 1 is 1.40 bits per heavy atom. The van der Waals surface area contributed by atoms with Gasteiger partial charge in [-0.3, -0.25) is 4.79 Å². The molecular formula is C16H18N2OS. The Labute approximate surface area is 123 Å². The van der Waals surface area contributed by atoms with Crippen molar-refractivity contribution >= 4 is 22.9 Å². The average Bonchev–Trinajstić information content (AvgIpc) is 3.12. The van der Waals surface area contributed by atoms with Gasteiger partial charge in [0.25, 0.3) is 5.91 Å². The zero-order chi connectivity index (χ0) is 14.1. The number of nitrogens with two attached hydrogens (primary N) is 1. The highest BCUT2D eigenvalue weighted by molar-refractivity contribution is 7.07. The van der Waals surface area contributed by atoms with E-state index in [2.05, 4.69) is 11.4 Å². The van der Waals surface area contributed by atoms with E-state index in [1.54, 1.807) is 17.4 Å². The van der Waals surface area contributed by atoms with Crippen molar-refractivity contribution in [3.05, 3.63) is 51.7 Å². The molecule has 4 heteroatoms. The van der Waals surface area contributed by atoms with Gasteiger partial charge in [-0.25, -0.2) is 0 Å². The molecule has 0 aliphatic heterocycles. The predicted octanol–water partition coefficient (Wildman–Crippen LogP) is 3.44. The van der Waals surface area contributed by atoms with Crippen LogP contribution in [-0.2, 0) is 6.54 Å². The van der Waals surface area contributed by atoms with E-state index in [0.717, 1.165) is 18.4 Å². The molecule has 0 spiro atoms. The van der Waals surface area contributed by atoms with Gasteiger partial charge in [0.1, 0.15) is 0 Å². The number of carbonyl (C=O) groups is 1. The lowest BCUT2D eigenvalue weighted by Gasteiger charge is -2.23. The number of nitrogen functional groups attached to an aromatic ring is 1. The van der Waals surface area contributed by atoms with E-state index in [0.29, 0.717) is 23.8 Å². The molecule has 1 fully saturated rings. The topological polar surface area (TPSA) is 46.3 Å². The van der Waals surface area contributed by atoms with E-state index < -0.39 is 0 Å². The predicted molar refractivity (Wildman–Crippen MR) is 82.8 cm³/mol. The molecule has 2 N–H and O–H groups in total. The number of nitrogens with zero attached hydrogens (tertiary/aromatic N) is 1. The maximum absolute atomic E-state index is 12.8. The van der Waals surface area contributed by atoms with Gasteiger partial charge in [0.05, 0.1) is 5.56 Å². The number of aryl methyl sites for hydroxylation is 1. The molecule has 104 valence electrons. The summed E-state index contributed by atoms with van der Waals surface area (Å²) in [5.74, 6) is 0.0642. The third kappa shape index (κ3) is 2.56. The molecular weight excluding hydrogens is 268 g/mol. The van der Waals surface area contributed by atoms with Crippen molar-refractivity contribution < 1.29 is 4.79 Å². The van der Waals surface area contributed by atoms with E-state index in [1.165, 1.54) is 5.56 Å². The maximum Gasteiger partial charge on any atom is 0.256 e. The molecule has 1 aromatic carbocycles. The van der Waals surface area contributed by atoms with Crippen LogP contribution in [0.15, 0.2) is 35.0 Å². The molecule has 0 bridgehead atoms. The highest BCUT2D eigenvalue weighted by Gasteiger charge is 2.34. The van der Waals surface area contributed by atoms with Crippen molar-refractivity contribution in [3.63, 3.8) is 0 Å². The van der Waals surface area contributed by atoms with Crippen molar-refractivity contribution in [2.45, 2.75) is 32.4 Å². The maximum atomic E-state index is 12.8. The highest BCUT2D eigenvalue weighted by Crippen LogP contribution is 2.31. The fraction of sp³-hybridized carbons (Fsp3) is 0.312. The lowest BCUT2D eigenvalue weighted by molar-refractivity contribution is 0.0730. The van der Waals surface area contributed by atoms with Gasteiger partial charge in [0.15, 0.2) is 0 Å². The third-order valence-corrected chi connectivity index (χ3v) is 4.43. The first-order chi connectivity index (χ1) is 9.66. The van der Waals surface area contributed by atoms with Crippen LogP contribution in [0, 0.1) is 6.92 Å². The molecule has 1 amide bonds. The number of amides is 1. The van der Waals surface area contributed by atoms with Gasteiger partial charge >= 0.3 is 0 Å². The standard InChI is InChI=1S/C16H18N2OS/c1-11-3-2-4-14(17)15(11)16(19)18(13-5-6-13)9-12-7-8-20-10-12/h2-4,7-8,10,13H,5-6,9,17H2,1H3. The number of hydrogen-bond acceptors (Lipinski definition) is 3. The van der Waals surface area contributed by atoms with Crippen LogP contribution < -0.4 is 5.73 Å². The minimum atomic E-state index is 0.0642. The zero-order valence-corrected chi connectivity index (χ0v) is 12.3. The molecule has 0 radical (unpaired) electrons. The van der Waals surface area contributed by atoms with Crippen LogP contribution in [-0.4, -0.2) is 16.8 Å². The van der Waals surface area contributed by atoms with Gasteiger partial charge in [-0.2, -0.15) is 11.3 Å². The third-order valence-electron chi connectivity index (χ3n) is 3.70. The van der Waals surface area contributed by atoms with Crippen molar-refractivity contribution in [2.75, 3.05) is 5.73 Å². The molecule has 0 unspecified atom stereocenters. The van der Waals surface area contributed by atoms with Gasteiger partial charge in [0.2, 0.25) is 0 Å². The van der Waals surface area contributed by atoms with Crippen LogP contribution in [0.3, 0.4) is 0 Å². The SMILES string of the molecule is Cc1cccc(N)c1C(=O)N(Cc1ccsc1)C1CC1. The fourth-order valence-corrected chi connectivity index (χ4v) is 3.12. The molecule has 1 heterocycles. The van der Waals surface area contributed by atoms with E-state index in [-0.39, 0.29) is 5.91 Å². The molecule has 1 aromatic heterocycles. The Balaban J connectivity index is 1.89. The summed E-state index contributed by atoms with van der Waals surface area (Å²) >= 11 is 1.66. The number of carbonyl (C=O) groups excluding carboxylic acids is 1. The summed E-state index contributed by atoms with van der Waals surface area (Å²) in [6.45, 7) is 2.63. The smallest absolute Gasteiger partial charge is 0.256 e. The summed E-state index contributed by atoms with van der Waals surface area (Å²) in [5, 5.41) is 4.15. The van der Waals surface area contributed by atoms with Crippen LogP contribution in [0.4, 0.5) is 5.69 Å². The van der Waals surface area contributed by atoms with E-state index in [9.17, 15) is 4.79 Å². The minimum Gasteiger partial charge on any atom is -0.398 e. The molecule has 20 heavy (non-hydrogen) atoms. The highest BCUT2D eigenvalue weighted by atomic mass is 32.1. The van der Waals surface area contributed by atoms with E-state index in [4.69, 9.17) is 5.73 Å². The van der Waals surface area contributed by atoms with Gasteiger partial charge in [0, 0.05) is 18.3 Å². The van der Waals surface area contributed by atoms with Gasteiger partial charge in [-0.15, -0.1) is 0 Å². The number of benzene rings is 1. The summed E-state index contributed by atoms with van der Waals surface area (Å²) in [5.41, 5.74) is 9.39. The van der Waals surface area contributed by atoms with E-state index >= 15 is 0 Å². The normalized spacial score (nSPS) is 14.2.